The third kappa shape index (κ3) is 4.26. The predicted octanol–water partition coefficient (Wildman–Crippen LogP) is 3.02. The second-order valence-corrected chi connectivity index (χ2v) is 7.55. The summed E-state index contributed by atoms with van der Waals surface area (Å²) in [6.07, 6.45) is 1.58. The fourth-order valence-corrected chi connectivity index (χ4v) is 3.88. The van der Waals surface area contributed by atoms with Gasteiger partial charge in [0.05, 0.1) is 5.69 Å². The van der Waals surface area contributed by atoms with E-state index in [9.17, 15) is 14.4 Å². The van der Waals surface area contributed by atoms with Gasteiger partial charge in [0.2, 0.25) is 11.8 Å². The Hall–Kier alpha value is -3.74. The molecular formula is C24H24N4O3. The lowest BCUT2D eigenvalue weighted by atomic mass is 10.0. The van der Waals surface area contributed by atoms with Crippen LogP contribution in [0, 0.1) is 0 Å². The van der Waals surface area contributed by atoms with Crippen molar-refractivity contribution >= 4 is 23.2 Å². The summed E-state index contributed by atoms with van der Waals surface area (Å²) < 4.78 is 1.20. The van der Waals surface area contributed by atoms with E-state index in [0.29, 0.717) is 12.2 Å². The quantitative estimate of drug-likeness (QED) is 0.693. The molecular weight excluding hydrogens is 392 g/mol. The highest BCUT2D eigenvalue weighted by Gasteiger charge is 2.24. The van der Waals surface area contributed by atoms with E-state index in [1.165, 1.54) is 17.7 Å². The molecule has 7 heteroatoms. The zero-order chi connectivity index (χ0) is 22.0. The summed E-state index contributed by atoms with van der Waals surface area (Å²) in [5.74, 6) is -0.321. The number of para-hydroxylation sites is 1. The van der Waals surface area contributed by atoms with Gasteiger partial charge in [-0.25, -0.2) is 4.68 Å². The first-order valence-electron chi connectivity index (χ1n) is 10.3. The van der Waals surface area contributed by atoms with Crippen molar-refractivity contribution in [3.8, 4) is 11.3 Å². The van der Waals surface area contributed by atoms with E-state index >= 15 is 0 Å². The summed E-state index contributed by atoms with van der Waals surface area (Å²) in [4.78, 5) is 38.6. The van der Waals surface area contributed by atoms with E-state index in [1.54, 1.807) is 11.0 Å². The normalized spacial score (nSPS) is 12.5. The molecule has 0 fully saturated rings. The molecule has 2 amide bonds. The SMILES string of the molecule is CCc1ccc(-c2ccc(=O)n(CC(=O)N3CCc4ccccc43)n2)cc1NC(C)=O. The molecule has 0 aliphatic carbocycles. The van der Waals surface area contributed by atoms with E-state index in [4.69, 9.17) is 0 Å². The van der Waals surface area contributed by atoms with Crippen molar-refractivity contribution in [1.82, 2.24) is 9.78 Å². The van der Waals surface area contributed by atoms with Gasteiger partial charge < -0.3 is 10.2 Å². The Bertz CT molecular complexity index is 1220. The van der Waals surface area contributed by atoms with Crippen LogP contribution in [0.25, 0.3) is 11.3 Å². The molecule has 0 saturated heterocycles. The van der Waals surface area contributed by atoms with Gasteiger partial charge >= 0.3 is 0 Å². The molecule has 2 aromatic carbocycles. The highest BCUT2D eigenvalue weighted by Crippen LogP contribution is 2.28. The van der Waals surface area contributed by atoms with Crippen LogP contribution in [0.1, 0.15) is 25.0 Å². The lowest BCUT2D eigenvalue weighted by molar-refractivity contribution is -0.119. The van der Waals surface area contributed by atoms with Crippen LogP contribution in [0.3, 0.4) is 0 Å². The van der Waals surface area contributed by atoms with Gasteiger partial charge in [-0.3, -0.25) is 14.4 Å². The molecule has 2 heterocycles. The second-order valence-electron chi connectivity index (χ2n) is 7.55. The van der Waals surface area contributed by atoms with Crippen LogP contribution >= 0.6 is 0 Å². The molecule has 0 bridgehead atoms. The fourth-order valence-electron chi connectivity index (χ4n) is 3.88. The van der Waals surface area contributed by atoms with Crippen LogP contribution in [0.5, 0.6) is 0 Å². The van der Waals surface area contributed by atoms with Crippen LogP contribution in [0.4, 0.5) is 11.4 Å². The Balaban J connectivity index is 1.62. The zero-order valence-corrected chi connectivity index (χ0v) is 17.6. The molecule has 0 radical (unpaired) electrons. The number of hydrogen-bond acceptors (Lipinski definition) is 4. The number of aromatic nitrogens is 2. The number of carbonyl (C=O) groups is 2. The lowest BCUT2D eigenvalue weighted by Gasteiger charge is -2.18. The smallest absolute Gasteiger partial charge is 0.267 e. The van der Waals surface area contributed by atoms with Gasteiger partial charge in [0.25, 0.3) is 5.56 Å². The summed E-state index contributed by atoms with van der Waals surface area (Å²) >= 11 is 0. The van der Waals surface area contributed by atoms with E-state index in [2.05, 4.69) is 10.4 Å². The third-order valence-corrected chi connectivity index (χ3v) is 5.44. The Morgan fingerprint density at radius 1 is 1.10 bits per heavy atom. The van der Waals surface area contributed by atoms with Crippen molar-refractivity contribution in [2.75, 3.05) is 16.8 Å². The van der Waals surface area contributed by atoms with Crippen molar-refractivity contribution in [1.29, 1.82) is 0 Å². The molecule has 0 spiro atoms. The minimum Gasteiger partial charge on any atom is -0.326 e. The van der Waals surface area contributed by atoms with Gasteiger partial charge in [0.1, 0.15) is 6.54 Å². The predicted molar refractivity (Wildman–Crippen MR) is 120 cm³/mol. The maximum atomic E-state index is 12.9. The standard InChI is InChI=1S/C24H24N4O3/c1-3-17-8-9-19(14-21(17)25-16(2)29)20-10-11-23(30)28(26-20)15-24(31)27-13-12-18-6-4-5-7-22(18)27/h4-11,14H,3,12-13,15H2,1-2H3,(H,25,29). The molecule has 0 saturated carbocycles. The number of rotatable bonds is 5. The van der Waals surface area contributed by atoms with E-state index < -0.39 is 0 Å². The van der Waals surface area contributed by atoms with E-state index in [1.807, 2.05) is 49.4 Å². The van der Waals surface area contributed by atoms with Gasteiger partial charge in [0.15, 0.2) is 0 Å². The Morgan fingerprint density at radius 3 is 2.68 bits per heavy atom. The fraction of sp³-hybridized carbons (Fsp3) is 0.250. The van der Waals surface area contributed by atoms with Gasteiger partial charge in [-0.15, -0.1) is 0 Å². The van der Waals surface area contributed by atoms with Crippen molar-refractivity contribution < 1.29 is 9.59 Å². The Morgan fingerprint density at radius 2 is 1.90 bits per heavy atom. The van der Waals surface area contributed by atoms with E-state index in [0.717, 1.165) is 40.9 Å². The van der Waals surface area contributed by atoms with Gasteiger partial charge in [-0.05, 0) is 42.2 Å². The Kier molecular flexibility index (Phi) is 5.66. The minimum absolute atomic E-state index is 0.132. The van der Waals surface area contributed by atoms with Gasteiger partial charge in [-0.2, -0.15) is 5.10 Å². The molecule has 1 N–H and O–H groups in total. The first kappa shape index (κ1) is 20.5. The first-order chi connectivity index (χ1) is 15.0. The molecule has 1 aliphatic rings. The highest BCUT2D eigenvalue weighted by atomic mass is 16.2. The molecule has 158 valence electrons. The molecule has 31 heavy (non-hydrogen) atoms. The van der Waals surface area contributed by atoms with E-state index in [-0.39, 0.29) is 23.9 Å². The largest absolute Gasteiger partial charge is 0.326 e. The molecule has 1 aliphatic heterocycles. The van der Waals surface area contributed by atoms with Crippen molar-refractivity contribution in [2.24, 2.45) is 0 Å². The minimum atomic E-state index is -0.336. The number of nitrogens with zero attached hydrogens (tertiary/aromatic N) is 3. The number of amides is 2. The number of nitrogens with one attached hydrogen (secondary N) is 1. The number of fused-ring (bicyclic) bond motifs is 1. The molecule has 7 nitrogen and oxygen atoms in total. The third-order valence-electron chi connectivity index (χ3n) is 5.44. The lowest BCUT2D eigenvalue weighted by Crippen LogP contribution is -2.36. The maximum Gasteiger partial charge on any atom is 0.267 e. The first-order valence-corrected chi connectivity index (χ1v) is 10.3. The molecule has 0 atom stereocenters. The van der Waals surface area contributed by atoms with Crippen molar-refractivity contribution in [3.05, 3.63) is 76.1 Å². The highest BCUT2D eigenvalue weighted by molar-refractivity contribution is 5.95. The summed E-state index contributed by atoms with van der Waals surface area (Å²) in [5, 5.41) is 7.27. The topological polar surface area (TPSA) is 84.3 Å². The zero-order valence-electron chi connectivity index (χ0n) is 17.6. The molecule has 0 unspecified atom stereocenters. The van der Waals surface area contributed by atoms with Crippen LogP contribution in [0.15, 0.2) is 59.4 Å². The number of benzene rings is 2. The summed E-state index contributed by atoms with van der Waals surface area (Å²) in [6, 6.07) is 16.5. The van der Waals surface area contributed by atoms with Crippen molar-refractivity contribution in [3.63, 3.8) is 0 Å². The summed E-state index contributed by atoms with van der Waals surface area (Å²) in [7, 11) is 0. The van der Waals surface area contributed by atoms with Crippen LogP contribution in [-0.2, 0) is 29.0 Å². The Labute approximate surface area is 180 Å². The molecule has 1 aromatic heterocycles. The average Bonchev–Trinajstić information content (AvgIpc) is 3.19. The summed E-state index contributed by atoms with van der Waals surface area (Å²) in [6.45, 7) is 3.95. The molecule has 4 rings (SSSR count). The number of anilines is 2. The monoisotopic (exact) mass is 416 g/mol. The number of hydrogen-bond donors (Lipinski definition) is 1. The molecule has 3 aromatic rings. The van der Waals surface area contributed by atoms with Crippen LogP contribution in [0.2, 0.25) is 0 Å². The van der Waals surface area contributed by atoms with Crippen molar-refractivity contribution in [2.45, 2.75) is 33.2 Å². The second kappa shape index (κ2) is 8.55. The van der Waals surface area contributed by atoms with Crippen LogP contribution < -0.4 is 15.8 Å². The van der Waals surface area contributed by atoms with Gasteiger partial charge in [0, 0.05) is 36.5 Å². The van der Waals surface area contributed by atoms with Crippen LogP contribution in [-0.4, -0.2) is 28.1 Å². The number of aryl methyl sites for hydroxylation is 1. The average molecular weight is 416 g/mol. The maximum absolute atomic E-state index is 12.9. The summed E-state index contributed by atoms with van der Waals surface area (Å²) in [5.41, 5.74) is 4.74. The van der Waals surface area contributed by atoms with Gasteiger partial charge in [-0.1, -0.05) is 37.3 Å². The number of carbonyl (C=O) groups excluding carboxylic acids is 2.